The summed E-state index contributed by atoms with van der Waals surface area (Å²) in [5, 5.41) is 13.7. The Kier molecular flexibility index (Phi) is 3.84. The Hall–Kier alpha value is -1.89. The third kappa shape index (κ3) is 3.87. The fourth-order valence-electron chi connectivity index (χ4n) is 1.18. The van der Waals surface area contributed by atoms with E-state index in [0.717, 1.165) is 16.8 Å². The van der Waals surface area contributed by atoms with Crippen LogP contribution in [0.25, 0.3) is 0 Å². The lowest BCUT2D eigenvalue weighted by atomic mass is 10.1. The molecule has 7 heteroatoms. The van der Waals surface area contributed by atoms with Crippen molar-refractivity contribution >= 4 is 5.91 Å². The van der Waals surface area contributed by atoms with Crippen LogP contribution in [-0.2, 0) is 11.3 Å². The number of nitrogens with one attached hydrogen (secondary N) is 2. The van der Waals surface area contributed by atoms with E-state index in [1.165, 1.54) is 0 Å². The Labute approximate surface area is 97.1 Å². The minimum absolute atomic E-state index is 0.223. The molecule has 1 amide bonds. The first kappa shape index (κ1) is 13.2. The number of aromatic nitrogens is 2. The van der Waals surface area contributed by atoms with Gasteiger partial charge in [-0.3, -0.25) is 19.5 Å². The Morgan fingerprint density at radius 3 is 2.71 bits per heavy atom. The van der Waals surface area contributed by atoms with E-state index in [-0.39, 0.29) is 13.2 Å². The van der Waals surface area contributed by atoms with Gasteiger partial charge in [0, 0.05) is 12.1 Å². The van der Waals surface area contributed by atoms with Crippen molar-refractivity contribution < 1.29 is 9.90 Å². The van der Waals surface area contributed by atoms with E-state index in [2.05, 4.69) is 10.4 Å². The molecule has 0 fully saturated rings. The van der Waals surface area contributed by atoms with Gasteiger partial charge in [-0.1, -0.05) is 0 Å². The second-order valence-electron chi connectivity index (χ2n) is 4.32. The summed E-state index contributed by atoms with van der Waals surface area (Å²) < 4.78 is 0.908. The highest BCUT2D eigenvalue weighted by atomic mass is 16.3. The topological polar surface area (TPSA) is 104 Å². The lowest BCUT2D eigenvalue weighted by Gasteiger charge is -2.23. The third-order valence-corrected chi connectivity index (χ3v) is 2.06. The molecule has 0 aliphatic heterocycles. The summed E-state index contributed by atoms with van der Waals surface area (Å²) in [5.41, 5.74) is -1.70. The molecule has 0 saturated heterocycles. The molecule has 1 aromatic heterocycles. The van der Waals surface area contributed by atoms with Crippen molar-refractivity contribution in [3.05, 3.63) is 32.8 Å². The van der Waals surface area contributed by atoms with Crippen molar-refractivity contribution in [2.24, 2.45) is 0 Å². The molecule has 1 heterocycles. The van der Waals surface area contributed by atoms with Crippen molar-refractivity contribution in [1.29, 1.82) is 0 Å². The molecular formula is C10H15N3O4. The molecule has 0 spiro atoms. The van der Waals surface area contributed by atoms with Crippen molar-refractivity contribution in [3.8, 4) is 0 Å². The Morgan fingerprint density at radius 2 is 2.12 bits per heavy atom. The van der Waals surface area contributed by atoms with Crippen LogP contribution in [0.4, 0.5) is 0 Å². The summed E-state index contributed by atoms with van der Waals surface area (Å²) in [7, 11) is 0. The quantitative estimate of drug-likeness (QED) is 0.592. The standard InChI is InChI=1S/C10H15N3O4/c1-10(2,6-14)11-8(16)5-13-9(17)4-3-7(15)12-13/h3-4,14H,5-6H2,1-2H3,(H,11,16)(H,12,15). The SMILES string of the molecule is CC(C)(CO)NC(=O)Cn1[nH]c(=O)ccc1=O. The first-order chi connectivity index (χ1) is 7.84. The normalized spacial score (nSPS) is 11.2. The largest absolute Gasteiger partial charge is 0.394 e. The molecule has 1 aromatic rings. The molecule has 94 valence electrons. The molecule has 0 unspecified atom stereocenters. The lowest BCUT2D eigenvalue weighted by molar-refractivity contribution is -0.124. The van der Waals surface area contributed by atoms with Crippen LogP contribution >= 0.6 is 0 Å². The average Bonchev–Trinajstić information content (AvgIpc) is 2.23. The van der Waals surface area contributed by atoms with E-state index in [4.69, 9.17) is 5.11 Å². The number of rotatable bonds is 4. The van der Waals surface area contributed by atoms with Crippen molar-refractivity contribution in [3.63, 3.8) is 0 Å². The van der Waals surface area contributed by atoms with Gasteiger partial charge in [-0.05, 0) is 13.8 Å². The predicted octanol–water partition coefficient (Wildman–Crippen LogP) is -1.58. The number of hydrogen-bond donors (Lipinski definition) is 3. The highest BCUT2D eigenvalue weighted by molar-refractivity contribution is 5.76. The highest BCUT2D eigenvalue weighted by Gasteiger charge is 2.19. The monoisotopic (exact) mass is 241 g/mol. The summed E-state index contributed by atoms with van der Waals surface area (Å²) in [6.07, 6.45) is 0. The van der Waals surface area contributed by atoms with Crippen molar-refractivity contribution in [2.45, 2.75) is 25.9 Å². The van der Waals surface area contributed by atoms with Crippen molar-refractivity contribution in [1.82, 2.24) is 15.1 Å². The van der Waals surface area contributed by atoms with Gasteiger partial charge < -0.3 is 10.4 Å². The molecule has 7 nitrogen and oxygen atoms in total. The second-order valence-corrected chi connectivity index (χ2v) is 4.32. The number of carbonyl (C=O) groups excluding carboxylic acids is 1. The van der Waals surface area contributed by atoms with Gasteiger partial charge >= 0.3 is 0 Å². The molecular weight excluding hydrogens is 226 g/mol. The van der Waals surface area contributed by atoms with Gasteiger partial charge in [-0.2, -0.15) is 0 Å². The van der Waals surface area contributed by atoms with Crippen LogP contribution in [0, 0.1) is 0 Å². The molecule has 0 aliphatic carbocycles. The molecule has 3 N–H and O–H groups in total. The maximum atomic E-state index is 11.5. The summed E-state index contributed by atoms with van der Waals surface area (Å²) in [6.45, 7) is 2.76. The van der Waals surface area contributed by atoms with E-state index >= 15 is 0 Å². The number of hydrogen-bond acceptors (Lipinski definition) is 4. The molecule has 0 aromatic carbocycles. The summed E-state index contributed by atoms with van der Waals surface area (Å²) in [5.74, 6) is -0.465. The van der Waals surface area contributed by atoms with Crippen LogP contribution in [0.5, 0.6) is 0 Å². The number of aliphatic hydroxyl groups excluding tert-OH is 1. The van der Waals surface area contributed by atoms with E-state index in [9.17, 15) is 14.4 Å². The van der Waals surface area contributed by atoms with E-state index in [1.807, 2.05) is 0 Å². The smallest absolute Gasteiger partial charge is 0.265 e. The minimum atomic E-state index is -0.768. The van der Waals surface area contributed by atoms with E-state index in [1.54, 1.807) is 13.8 Å². The van der Waals surface area contributed by atoms with Crippen LogP contribution in [0.2, 0.25) is 0 Å². The van der Waals surface area contributed by atoms with Crippen LogP contribution in [0.1, 0.15) is 13.8 Å². The number of amides is 1. The van der Waals surface area contributed by atoms with E-state index < -0.39 is 22.6 Å². The van der Waals surface area contributed by atoms with Crippen LogP contribution < -0.4 is 16.4 Å². The first-order valence-electron chi connectivity index (χ1n) is 5.06. The third-order valence-electron chi connectivity index (χ3n) is 2.06. The number of carbonyl (C=O) groups is 1. The molecule has 0 aliphatic rings. The summed E-state index contributed by atoms with van der Waals surface area (Å²) in [4.78, 5) is 33.8. The first-order valence-corrected chi connectivity index (χ1v) is 5.06. The number of H-pyrrole nitrogens is 1. The average molecular weight is 241 g/mol. The van der Waals surface area contributed by atoms with Gasteiger partial charge in [0.25, 0.3) is 11.1 Å². The minimum Gasteiger partial charge on any atom is -0.394 e. The Bertz CT molecular complexity index is 515. The van der Waals surface area contributed by atoms with E-state index in [0.29, 0.717) is 0 Å². The molecule has 17 heavy (non-hydrogen) atoms. The van der Waals surface area contributed by atoms with Gasteiger partial charge in [0.05, 0.1) is 12.1 Å². The number of aliphatic hydroxyl groups is 1. The summed E-state index contributed by atoms with van der Waals surface area (Å²) >= 11 is 0. The zero-order chi connectivity index (χ0) is 13.1. The molecule has 0 bridgehead atoms. The lowest BCUT2D eigenvalue weighted by Crippen LogP contribution is -2.48. The van der Waals surface area contributed by atoms with Crippen molar-refractivity contribution in [2.75, 3.05) is 6.61 Å². The van der Waals surface area contributed by atoms with Crippen LogP contribution in [0.15, 0.2) is 21.7 Å². The maximum absolute atomic E-state index is 11.5. The van der Waals surface area contributed by atoms with Gasteiger partial charge in [-0.15, -0.1) is 0 Å². The van der Waals surface area contributed by atoms with Gasteiger partial charge in [0.2, 0.25) is 5.91 Å². The number of aromatic amines is 1. The summed E-state index contributed by atoms with van der Waals surface area (Å²) in [6, 6.07) is 2.18. The van der Waals surface area contributed by atoms with Crippen LogP contribution in [0.3, 0.4) is 0 Å². The molecule has 0 saturated carbocycles. The van der Waals surface area contributed by atoms with Gasteiger partial charge in [-0.25, -0.2) is 4.68 Å². The second kappa shape index (κ2) is 4.96. The zero-order valence-corrected chi connectivity index (χ0v) is 9.69. The molecule has 1 rings (SSSR count). The maximum Gasteiger partial charge on any atom is 0.265 e. The van der Waals surface area contributed by atoms with Crippen LogP contribution in [-0.4, -0.2) is 32.9 Å². The highest BCUT2D eigenvalue weighted by Crippen LogP contribution is 1.98. The number of nitrogens with zero attached hydrogens (tertiary/aromatic N) is 1. The predicted molar refractivity (Wildman–Crippen MR) is 60.6 cm³/mol. The zero-order valence-electron chi connectivity index (χ0n) is 9.69. The van der Waals surface area contributed by atoms with Gasteiger partial charge in [0.1, 0.15) is 6.54 Å². The fraction of sp³-hybridized carbons (Fsp3) is 0.500. The fourth-order valence-corrected chi connectivity index (χ4v) is 1.18. The molecule has 0 radical (unpaired) electrons. The van der Waals surface area contributed by atoms with Gasteiger partial charge in [0.15, 0.2) is 0 Å². The molecule has 0 atom stereocenters. The Balaban J connectivity index is 2.79. The Morgan fingerprint density at radius 1 is 1.47 bits per heavy atom.